The van der Waals surface area contributed by atoms with E-state index in [1.54, 1.807) is 0 Å². The number of hydrogen-bond donors (Lipinski definition) is 1. The van der Waals surface area contributed by atoms with Gasteiger partial charge in [-0.15, -0.1) is 5.10 Å². The van der Waals surface area contributed by atoms with Crippen LogP contribution in [-0.2, 0) is 6.54 Å². The molecule has 0 fully saturated rings. The first-order valence-corrected chi connectivity index (χ1v) is 5.56. The van der Waals surface area contributed by atoms with Crippen LogP contribution in [0.3, 0.4) is 0 Å². The number of nitrogens with one attached hydrogen (secondary N) is 1. The highest BCUT2D eigenvalue weighted by molar-refractivity contribution is 5.70. The lowest BCUT2D eigenvalue weighted by molar-refractivity contribution is 0.599. The number of H-pyrrole nitrogens is 1. The zero-order valence-corrected chi connectivity index (χ0v) is 9.79. The molecule has 0 spiro atoms. The van der Waals surface area contributed by atoms with Crippen molar-refractivity contribution < 1.29 is 0 Å². The third-order valence-corrected chi connectivity index (χ3v) is 2.74. The van der Waals surface area contributed by atoms with E-state index >= 15 is 0 Å². The summed E-state index contributed by atoms with van der Waals surface area (Å²) in [5.74, 6) is 0. The molecular formula is C12H11N5O. The van der Waals surface area contributed by atoms with Gasteiger partial charge in [-0.05, 0) is 12.5 Å². The van der Waals surface area contributed by atoms with Gasteiger partial charge in [0.1, 0.15) is 5.52 Å². The van der Waals surface area contributed by atoms with Gasteiger partial charge in [-0.2, -0.15) is 5.10 Å². The Morgan fingerprint density at radius 2 is 2.28 bits per heavy atom. The van der Waals surface area contributed by atoms with Crippen LogP contribution < -0.4 is 5.56 Å². The number of aromatic nitrogens is 5. The summed E-state index contributed by atoms with van der Waals surface area (Å²) in [6.45, 7) is 2.42. The van der Waals surface area contributed by atoms with Crippen LogP contribution in [0.15, 0.2) is 35.3 Å². The van der Waals surface area contributed by atoms with Crippen LogP contribution in [0.25, 0.3) is 11.0 Å². The van der Waals surface area contributed by atoms with Crippen LogP contribution in [-0.4, -0.2) is 25.2 Å². The Labute approximate surface area is 102 Å². The summed E-state index contributed by atoms with van der Waals surface area (Å²) in [5, 5.41) is 14.3. The van der Waals surface area contributed by atoms with Crippen LogP contribution in [0.5, 0.6) is 0 Å². The minimum atomic E-state index is -0.209. The van der Waals surface area contributed by atoms with E-state index in [0.29, 0.717) is 17.6 Å². The minimum Gasteiger partial charge on any atom is -0.271 e. The highest BCUT2D eigenvalue weighted by Gasteiger charge is 2.07. The SMILES string of the molecule is Cc1cccc(Cn2nnc3cn[nH]c3c2=O)c1. The average Bonchev–Trinajstić information content (AvgIpc) is 2.82. The smallest absolute Gasteiger partial charge is 0.271 e. The predicted octanol–water partition coefficient (Wildman–Crippen LogP) is 0.871. The zero-order chi connectivity index (χ0) is 12.5. The standard InChI is InChI=1S/C12H11N5O/c1-8-3-2-4-9(5-8)7-17-12(18)11-10(14-16-17)6-13-15-11/h2-6H,7H2,1H3,(H,13,15). The maximum atomic E-state index is 12.1. The van der Waals surface area contributed by atoms with Crippen molar-refractivity contribution >= 4 is 11.0 Å². The van der Waals surface area contributed by atoms with Gasteiger partial charge in [0.05, 0.1) is 12.7 Å². The summed E-state index contributed by atoms with van der Waals surface area (Å²) in [6.07, 6.45) is 1.49. The second kappa shape index (κ2) is 4.06. The van der Waals surface area contributed by atoms with Gasteiger partial charge in [0.2, 0.25) is 0 Å². The molecule has 0 aliphatic rings. The van der Waals surface area contributed by atoms with Crippen molar-refractivity contribution in [3.05, 3.63) is 51.9 Å². The molecule has 6 nitrogen and oxygen atoms in total. The van der Waals surface area contributed by atoms with Crippen molar-refractivity contribution in [2.45, 2.75) is 13.5 Å². The van der Waals surface area contributed by atoms with Gasteiger partial charge < -0.3 is 0 Å². The van der Waals surface area contributed by atoms with Crippen LogP contribution in [0.4, 0.5) is 0 Å². The summed E-state index contributed by atoms with van der Waals surface area (Å²) >= 11 is 0. The van der Waals surface area contributed by atoms with Gasteiger partial charge in [-0.3, -0.25) is 9.89 Å². The van der Waals surface area contributed by atoms with Gasteiger partial charge in [0.15, 0.2) is 5.52 Å². The van der Waals surface area contributed by atoms with Crippen LogP contribution in [0, 0.1) is 6.92 Å². The van der Waals surface area contributed by atoms with E-state index in [1.807, 2.05) is 31.2 Å². The van der Waals surface area contributed by atoms with Gasteiger partial charge in [-0.1, -0.05) is 35.0 Å². The van der Waals surface area contributed by atoms with E-state index in [-0.39, 0.29) is 5.56 Å². The van der Waals surface area contributed by atoms with E-state index in [1.165, 1.54) is 10.9 Å². The molecule has 90 valence electrons. The lowest BCUT2D eigenvalue weighted by Crippen LogP contribution is -2.24. The van der Waals surface area contributed by atoms with Crippen molar-refractivity contribution in [3.8, 4) is 0 Å². The molecule has 0 aliphatic heterocycles. The number of aromatic amines is 1. The fourth-order valence-corrected chi connectivity index (χ4v) is 1.87. The Kier molecular flexibility index (Phi) is 2.40. The Morgan fingerprint density at radius 1 is 1.39 bits per heavy atom. The second-order valence-corrected chi connectivity index (χ2v) is 4.17. The lowest BCUT2D eigenvalue weighted by Gasteiger charge is -2.04. The molecule has 0 unspecified atom stereocenters. The minimum absolute atomic E-state index is 0.209. The molecule has 1 aromatic carbocycles. The molecule has 18 heavy (non-hydrogen) atoms. The van der Waals surface area contributed by atoms with Crippen LogP contribution in [0.1, 0.15) is 11.1 Å². The molecule has 0 bridgehead atoms. The quantitative estimate of drug-likeness (QED) is 0.722. The topological polar surface area (TPSA) is 76.5 Å². The summed E-state index contributed by atoms with van der Waals surface area (Å²) in [6, 6.07) is 7.94. The Morgan fingerprint density at radius 3 is 3.11 bits per heavy atom. The molecule has 3 aromatic rings. The molecule has 1 N–H and O–H groups in total. The van der Waals surface area contributed by atoms with Gasteiger partial charge in [-0.25, -0.2) is 4.68 Å². The molecule has 0 aliphatic carbocycles. The molecule has 0 atom stereocenters. The monoisotopic (exact) mass is 241 g/mol. The first-order valence-electron chi connectivity index (χ1n) is 5.56. The Hall–Kier alpha value is -2.50. The molecule has 3 rings (SSSR count). The fourth-order valence-electron chi connectivity index (χ4n) is 1.87. The molecule has 2 aromatic heterocycles. The average molecular weight is 241 g/mol. The first-order chi connectivity index (χ1) is 8.74. The number of hydrogen-bond acceptors (Lipinski definition) is 4. The van der Waals surface area contributed by atoms with Crippen molar-refractivity contribution in [2.24, 2.45) is 0 Å². The van der Waals surface area contributed by atoms with E-state index in [0.717, 1.165) is 11.1 Å². The van der Waals surface area contributed by atoms with Gasteiger partial charge in [0.25, 0.3) is 5.56 Å². The maximum absolute atomic E-state index is 12.1. The van der Waals surface area contributed by atoms with Crippen molar-refractivity contribution in [1.82, 2.24) is 25.2 Å². The molecule has 2 heterocycles. The van der Waals surface area contributed by atoms with E-state index in [2.05, 4.69) is 20.5 Å². The second-order valence-electron chi connectivity index (χ2n) is 4.17. The highest BCUT2D eigenvalue weighted by atomic mass is 16.1. The molecule has 0 amide bonds. The number of rotatable bonds is 2. The Bertz CT molecular complexity index is 758. The largest absolute Gasteiger partial charge is 0.295 e. The number of benzene rings is 1. The van der Waals surface area contributed by atoms with Crippen molar-refractivity contribution in [3.63, 3.8) is 0 Å². The summed E-state index contributed by atoms with van der Waals surface area (Å²) in [5.41, 5.74) is 2.83. The number of fused-ring (bicyclic) bond motifs is 1. The molecule has 6 heteroatoms. The first kappa shape index (κ1) is 10.6. The summed E-state index contributed by atoms with van der Waals surface area (Å²) < 4.78 is 1.33. The maximum Gasteiger partial charge on any atom is 0.295 e. The zero-order valence-electron chi connectivity index (χ0n) is 9.79. The molecule has 0 radical (unpaired) electrons. The van der Waals surface area contributed by atoms with Crippen molar-refractivity contribution in [2.75, 3.05) is 0 Å². The number of aryl methyl sites for hydroxylation is 1. The molecule has 0 saturated carbocycles. The van der Waals surface area contributed by atoms with E-state index < -0.39 is 0 Å². The van der Waals surface area contributed by atoms with Crippen LogP contribution in [0.2, 0.25) is 0 Å². The molecule has 0 saturated heterocycles. The lowest BCUT2D eigenvalue weighted by atomic mass is 10.1. The fraction of sp³-hybridized carbons (Fsp3) is 0.167. The van der Waals surface area contributed by atoms with E-state index in [9.17, 15) is 4.79 Å². The Balaban J connectivity index is 2.05. The third-order valence-electron chi connectivity index (χ3n) is 2.74. The summed E-state index contributed by atoms with van der Waals surface area (Å²) in [4.78, 5) is 12.1. The van der Waals surface area contributed by atoms with Gasteiger partial charge in [0, 0.05) is 0 Å². The summed E-state index contributed by atoms with van der Waals surface area (Å²) in [7, 11) is 0. The van der Waals surface area contributed by atoms with Crippen LogP contribution >= 0.6 is 0 Å². The predicted molar refractivity (Wildman–Crippen MR) is 66.2 cm³/mol. The normalized spacial score (nSPS) is 10.9. The number of nitrogens with zero attached hydrogens (tertiary/aromatic N) is 4. The van der Waals surface area contributed by atoms with Gasteiger partial charge >= 0.3 is 0 Å². The van der Waals surface area contributed by atoms with E-state index in [4.69, 9.17) is 0 Å². The third kappa shape index (κ3) is 1.77. The molecular weight excluding hydrogens is 230 g/mol. The van der Waals surface area contributed by atoms with Crippen molar-refractivity contribution in [1.29, 1.82) is 0 Å². The highest BCUT2D eigenvalue weighted by Crippen LogP contribution is 2.05.